The van der Waals surface area contributed by atoms with Gasteiger partial charge in [0.05, 0.1) is 22.5 Å². The normalized spacial score (nSPS) is 10.6. The predicted octanol–water partition coefficient (Wildman–Crippen LogP) is 4.91. The zero-order chi connectivity index (χ0) is 23.1. The minimum Gasteiger partial charge on any atom is -0.423 e. The van der Waals surface area contributed by atoms with E-state index in [9.17, 15) is 14.4 Å². The summed E-state index contributed by atoms with van der Waals surface area (Å²) in [4.78, 5) is 36.1. The van der Waals surface area contributed by atoms with Gasteiger partial charge in [-0.15, -0.1) is 0 Å². The number of nitrogens with one attached hydrogen (secondary N) is 2. The second kappa shape index (κ2) is 11.1. The highest BCUT2D eigenvalue weighted by molar-refractivity contribution is 14.1. The van der Waals surface area contributed by atoms with Gasteiger partial charge in [-0.3, -0.25) is 9.59 Å². The number of anilines is 1. The maximum absolute atomic E-state index is 12.2. The molecule has 0 atom stereocenters. The molecule has 3 aromatic carbocycles. The highest BCUT2D eigenvalue weighted by Gasteiger charge is 2.15. The van der Waals surface area contributed by atoms with Crippen molar-refractivity contribution < 1.29 is 19.1 Å². The minimum atomic E-state index is -0.986. The average molecular weight is 582 g/mol. The highest BCUT2D eigenvalue weighted by Crippen LogP contribution is 2.25. The summed E-state index contributed by atoms with van der Waals surface area (Å²) in [6.45, 7) is 0. The Kier molecular flexibility index (Phi) is 8.20. The maximum atomic E-state index is 12.2. The summed E-state index contributed by atoms with van der Waals surface area (Å²) in [6, 6.07) is 18.0. The van der Waals surface area contributed by atoms with Crippen molar-refractivity contribution in [2.75, 3.05) is 5.32 Å². The van der Waals surface area contributed by atoms with E-state index in [1.165, 1.54) is 18.3 Å². The van der Waals surface area contributed by atoms with Gasteiger partial charge in [-0.25, -0.2) is 10.2 Å². The summed E-state index contributed by atoms with van der Waals surface area (Å²) in [5, 5.41) is 6.69. The molecule has 0 saturated heterocycles. The number of benzene rings is 3. The molecule has 3 aromatic rings. The van der Waals surface area contributed by atoms with Crippen molar-refractivity contribution in [2.45, 2.75) is 0 Å². The van der Waals surface area contributed by atoms with Crippen LogP contribution in [-0.4, -0.2) is 24.0 Å². The second-order valence-corrected chi connectivity index (χ2v) is 8.22. The van der Waals surface area contributed by atoms with Crippen LogP contribution in [0.4, 0.5) is 5.69 Å². The van der Waals surface area contributed by atoms with E-state index in [2.05, 4.69) is 38.4 Å². The van der Waals surface area contributed by atoms with Gasteiger partial charge in [-0.05, 0) is 82.8 Å². The Morgan fingerprint density at radius 3 is 2.38 bits per heavy atom. The van der Waals surface area contributed by atoms with Crippen LogP contribution in [0, 0.1) is 3.57 Å². The number of hydrogen-bond donors (Lipinski definition) is 2. The van der Waals surface area contributed by atoms with E-state index in [1.54, 1.807) is 42.5 Å². The van der Waals surface area contributed by atoms with E-state index >= 15 is 0 Å². The van der Waals surface area contributed by atoms with Crippen LogP contribution in [0.25, 0.3) is 0 Å². The standard InChI is InChI=1S/C22H14Cl2IN3O4/c23-14-7-10-17(24)19(11-14)27-20(29)21(30)28-26-12-13-5-8-15(9-6-13)32-22(31)16-3-1-2-4-18(16)25/h1-12H,(H,27,29)(H,28,30)/b26-12-. The lowest BCUT2D eigenvalue weighted by molar-refractivity contribution is -0.136. The monoisotopic (exact) mass is 581 g/mol. The lowest BCUT2D eigenvalue weighted by Gasteiger charge is -2.06. The van der Waals surface area contributed by atoms with E-state index in [4.69, 9.17) is 27.9 Å². The van der Waals surface area contributed by atoms with Crippen LogP contribution in [0.5, 0.6) is 5.75 Å². The van der Waals surface area contributed by atoms with Gasteiger partial charge in [0.1, 0.15) is 5.75 Å². The first-order valence-corrected chi connectivity index (χ1v) is 10.8. The van der Waals surface area contributed by atoms with Crippen LogP contribution in [0.15, 0.2) is 71.8 Å². The molecule has 0 unspecified atom stereocenters. The zero-order valence-electron chi connectivity index (χ0n) is 16.1. The molecule has 0 bridgehead atoms. The maximum Gasteiger partial charge on any atom is 0.344 e. The third kappa shape index (κ3) is 6.52. The van der Waals surface area contributed by atoms with Crippen molar-refractivity contribution in [3.63, 3.8) is 0 Å². The molecule has 2 amide bonds. The summed E-state index contributed by atoms with van der Waals surface area (Å²) >= 11 is 13.9. The van der Waals surface area contributed by atoms with Gasteiger partial charge in [-0.1, -0.05) is 35.3 Å². The number of carbonyl (C=O) groups excluding carboxylic acids is 3. The van der Waals surface area contributed by atoms with Gasteiger partial charge in [0, 0.05) is 8.59 Å². The number of amides is 2. The molecule has 0 saturated carbocycles. The van der Waals surface area contributed by atoms with E-state index in [0.29, 0.717) is 21.9 Å². The highest BCUT2D eigenvalue weighted by atomic mass is 127. The summed E-state index contributed by atoms with van der Waals surface area (Å²) in [7, 11) is 0. The van der Waals surface area contributed by atoms with Crippen molar-refractivity contribution in [3.05, 3.63) is 91.5 Å². The third-order valence-electron chi connectivity index (χ3n) is 3.95. The fourth-order valence-electron chi connectivity index (χ4n) is 2.40. The molecule has 7 nitrogen and oxygen atoms in total. The molecule has 0 spiro atoms. The first-order chi connectivity index (χ1) is 15.3. The molecule has 0 aliphatic rings. The number of hydrazone groups is 1. The largest absolute Gasteiger partial charge is 0.423 e. The molecule has 2 N–H and O–H groups in total. The molecule has 10 heteroatoms. The van der Waals surface area contributed by atoms with E-state index < -0.39 is 17.8 Å². The first kappa shape index (κ1) is 23.7. The van der Waals surface area contributed by atoms with Crippen molar-refractivity contribution in [2.24, 2.45) is 5.10 Å². The lowest BCUT2D eigenvalue weighted by atomic mass is 10.2. The Labute approximate surface area is 206 Å². The van der Waals surface area contributed by atoms with Crippen LogP contribution >= 0.6 is 45.8 Å². The number of esters is 1. The Bertz CT molecular complexity index is 1200. The van der Waals surface area contributed by atoms with Crippen molar-refractivity contribution >= 4 is 75.5 Å². The van der Waals surface area contributed by atoms with Gasteiger partial charge in [0.2, 0.25) is 0 Å². The van der Waals surface area contributed by atoms with Crippen LogP contribution in [0.1, 0.15) is 15.9 Å². The fourth-order valence-corrected chi connectivity index (χ4v) is 3.34. The predicted molar refractivity (Wildman–Crippen MR) is 131 cm³/mol. The van der Waals surface area contributed by atoms with Gasteiger partial charge in [-0.2, -0.15) is 5.10 Å². The van der Waals surface area contributed by atoms with E-state index in [1.807, 2.05) is 12.1 Å². The van der Waals surface area contributed by atoms with Gasteiger partial charge < -0.3 is 10.1 Å². The smallest absolute Gasteiger partial charge is 0.344 e. The van der Waals surface area contributed by atoms with Crippen molar-refractivity contribution in [1.82, 2.24) is 5.43 Å². The molecule has 0 radical (unpaired) electrons. The number of hydrogen-bond acceptors (Lipinski definition) is 5. The molecule has 0 heterocycles. The molecule has 162 valence electrons. The Morgan fingerprint density at radius 1 is 0.938 bits per heavy atom. The zero-order valence-corrected chi connectivity index (χ0v) is 19.8. The molecular weight excluding hydrogens is 568 g/mol. The van der Waals surface area contributed by atoms with Crippen LogP contribution in [0.3, 0.4) is 0 Å². The second-order valence-electron chi connectivity index (χ2n) is 6.22. The summed E-state index contributed by atoms with van der Waals surface area (Å²) in [6.07, 6.45) is 1.34. The van der Waals surface area contributed by atoms with Crippen molar-refractivity contribution in [3.8, 4) is 5.75 Å². The van der Waals surface area contributed by atoms with Gasteiger partial charge >= 0.3 is 17.8 Å². The van der Waals surface area contributed by atoms with Gasteiger partial charge in [0.15, 0.2) is 0 Å². The summed E-state index contributed by atoms with van der Waals surface area (Å²) < 4.78 is 6.14. The number of halogens is 3. The number of nitrogens with zero attached hydrogens (tertiary/aromatic N) is 1. The van der Waals surface area contributed by atoms with Crippen LogP contribution < -0.4 is 15.5 Å². The molecule has 0 fully saturated rings. The number of rotatable bonds is 5. The van der Waals surface area contributed by atoms with Crippen LogP contribution in [-0.2, 0) is 9.59 Å². The fraction of sp³-hybridized carbons (Fsp3) is 0. The quantitative estimate of drug-likeness (QED) is 0.112. The molecule has 0 aliphatic carbocycles. The van der Waals surface area contributed by atoms with E-state index in [-0.39, 0.29) is 10.7 Å². The summed E-state index contributed by atoms with van der Waals surface area (Å²) in [5.41, 5.74) is 3.40. The van der Waals surface area contributed by atoms with E-state index in [0.717, 1.165) is 3.57 Å². The Hall–Kier alpha value is -2.95. The minimum absolute atomic E-state index is 0.207. The van der Waals surface area contributed by atoms with Crippen LogP contribution in [0.2, 0.25) is 10.0 Å². The van der Waals surface area contributed by atoms with Crippen molar-refractivity contribution in [1.29, 1.82) is 0 Å². The molecule has 3 rings (SSSR count). The topological polar surface area (TPSA) is 96.9 Å². The first-order valence-electron chi connectivity index (χ1n) is 8.99. The molecular formula is C22H14Cl2IN3O4. The van der Waals surface area contributed by atoms with Gasteiger partial charge in [0.25, 0.3) is 0 Å². The number of carbonyl (C=O) groups is 3. The number of ether oxygens (including phenoxy) is 1. The Morgan fingerprint density at radius 2 is 1.66 bits per heavy atom. The molecule has 0 aliphatic heterocycles. The molecule has 32 heavy (non-hydrogen) atoms. The molecule has 0 aromatic heterocycles. The third-order valence-corrected chi connectivity index (χ3v) is 5.45. The average Bonchev–Trinajstić information content (AvgIpc) is 2.77. The Balaban J connectivity index is 1.53. The summed E-state index contributed by atoms with van der Waals surface area (Å²) in [5.74, 6) is -2.05. The SMILES string of the molecule is O=C(N/N=C\c1ccc(OC(=O)c2ccccc2I)cc1)C(=O)Nc1cc(Cl)ccc1Cl. The lowest BCUT2D eigenvalue weighted by Crippen LogP contribution is -2.32.